The van der Waals surface area contributed by atoms with Crippen molar-refractivity contribution < 1.29 is 9.52 Å². The van der Waals surface area contributed by atoms with Crippen LogP contribution in [0.5, 0.6) is 0 Å². The Morgan fingerprint density at radius 1 is 1.56 bits per heavy atom. The van der Waals surface area contributed by atoms with Gasteiger partial charge in [0.2, 0.25) is 0 Å². The molecule has 0 radical (unpaired) electrons. The van der Waals surface area contributed by atoms with Crippen molar-refractivity contribution in [1.82, 2.24) is 9.55 Å². The summed E-state index contributed by atoms with van der Waals surface area (Å²) in [6.07, 6.45) is 5.12. The third-order valence-corrected chi connectivity index (χ3v) is 2.72. The van der Waals surface area contributed by atoms with Gasteiger partial charge in [-0.25, -0.2) is 4.98 Å². The fraction of sp³-hybridized carbons (Fsp3) is 0.417. The van der Waals surface area contributed by atoms with Gasteiger partial charge in [0, 0.05) is 25.4 Å². The molecule has 0 aliphatic heterocycles. The molecule has 2 heterocycles. The summed E-state index contributed by atoms with van der Waals surface area (Å²) in [5.41, 5.74) is 0.974. The lowest BCUT2D eigenvalue weighted by Gasteiger charge is -2.10. The van der Waals surface area contributed by atoms with Crippen molar-refractivity contribution in [2.45, 2.75) is 32.9 Å². The van der Waals surface area contributed by atoms with Crippen molar-refractivity contribution in [3.63, 3.8) is 0 Å². The van der Waals surface area contributed by atoms with Crippen LogP contribution in [0.1, 0.15) is 30.2 Å². The van der Waals surface area contributed by atoms with Crippen molar-refractivity contribution in [2.24, 2.45) is 0 Å². The Labute approximate surface area is 94.5 Å². The van der Waals surface area contributed by atoms with Gasteiger partial charge in [-0.1, -0.05) is 0 Å². The van der Waals surface area contributed by atoms with Gasteiger partial charge in [0.15, 0.2) is 0 Å². The molecule has 0 bridgehead atoms. The highest BCUT2D eigenvalue weighted by Crippen LogP contribution is 2.21. The molecule has 2 rings (SSSR count). The number of aryl methyl sites for hydroxylation is 2. The van der Waals surface area contributed by atoms with E-state index in [0.29, 0.717) is 12.2 Å². The number of aliphatic hydroxyl groups excluding tert-OH is 1. The number of aliphatic hydroxyl groups is 1. The van der Waals surface area contributed by atoms with Gasteiger partial charge in [-0.3, -0.25) is 0 Å². The first-order valence-corrected chi connectivity index (χ1v) is 5.44. The van der Waals surface area contributed by atoms with E-state index < -0.39 is 6.10 Å². The highest BCUT2D eigenvalue weighted by atomic mass is 16.4. The summed E-state index contributed by atoms with van der Waals surface area (Å²) in [7, 11) is 0. The molecule has 0 saturated heterocycles. The second-order valence-electron chi connectivity index (χ2n) is 3.82. The maximum atomic E-state index is 10.0. The van der Waals surface area contributed by atoms with E-state index in [2.05, 4.69) is 11.9 Å². The molecule has 16 heavy (non-hydrogen) atoms. The summed E-state index contributed by atoms with van der Waals surface area (Å²) in [6, 6.07) is 1.85. The first-order valence-electron chi connectivity index (χ1n) is 5.44. The average molecular weight is 220 g/mol. The maximum absolute atomic E-state index is 10.0. The Morgan fingerprint density at radius 2 is 2.38 bits per heavy atom. The predicted molar refractivity (Wildman–Crippen MR) is 60.0 cm³/mol. The summed E-state index contributed by atoms with van der Waals surface area (Å²) in [4.78, 5) is 4.23. The van der Waals surface area contributed by atoms with E-state index in [0.717, 1.165) is 17.9 Å². The second-order valence-corrected chi connectivity index (χ2v) is 3.82. The van der Waals surface area contributed by atoms with Crippen LogP contribution in [-0.4, -0.2) is 14.7 Å². The minimum atomic E-state index is -0.623. The third-order valence-electron chi connectivity index (χ3n) is 2.72. The molecule has 4 heteroatoms. The van der Waals surface area contributed by atoms with Gasteiger partial charge in [0.25, 0.3) is 0 Å². The third kappa shape index (κ3) is 2.02. The summed E-state index contributed by atoms with van der Waals surface area (Å²) in [6.45, 7) is 4.84. The van der Waals surface area contributed by atoms with E-state index in [-0.39, 0.29) is 0 Å². The van der Waals surface area contributed by atoms with Gasteiger partial charge in [-0.15, -0.1) is 0 Å². The quantitative estimate of drug-likeness (QED) is 0.858. The molecule has 2 aromatic rings. The molecule has 1 N–H and O–H groups in total. The van der Waals surface area contributed by atoms with Gasteiger partial charge < -0.3 is 14.1 Å². The van der Waals surface area contributed by atoms with Gasteiger partial charge in [-0.05, 0) is 25.5 Å². The SMILES string of the molecule is CCn1ccnc1CC(O)c1occc1C. The van der Waals surface area contributed by atoms with Crippen LogP contribution in [0.25, 0.3) is 0 Å². The first-order chi connectivity index (χ1) is 7.72. The Kier molecular flexibility index (Phi) is 3.10. The fourth-order valence-electron chi connectivity index (χ4n) is 1.81. The van der Waals surface area contributed by atoms with Crippen molar-refractivity contribution >= 4 is 0 Å². The molecule has 0 fully saturated rings. The van der Waals surface area contributed by atoms with E-state index in [1.54, 1.807) is 12.5 Å². The van der Waals surface area contributed by atoms with Crippen LogP contribution in [0.15, 0.2) is 29.1 Å². The molecule has 86 valence electrons. The molecule has 0 amide bonds. The summed E-state index contributed by atoms with van der Waals surface area (Å²) < 4.78 is 7.28. The lowest BCUT2D eigenvalue weighted by Crippen LogP contribution is -2.08. The molecule has 0 aliphatic rings. The number of imidazole rings is 1. The normalized spacial score (nSPS) is 12.9. The van der Waals surface area contributed by atoms with Crippen LogP contribution < -0.4 is 0 Å². The summed E-state index contributed by atoms with van der Waals surface area (Å²) in [5.74, 6) is 1.51. The van der Waals surface area contributed by atoms with Crippen molar-refractivity contribution in [3.8, 4) is 0 Å². The monoisotopic (exact) mass is 220 g/mol. The summed E-state index contributed by atoms with van der Waals surface area (Å²) >= 11 is 0. The Hall–Kier alpha value is -1.55. The molecule has 1 unspecified atom stereocenters. The van der Waals surface area contributed by atoms with Crippen molar-refractivity contribution in [2.75, 3.05) is 0 Å². The van der Waals surface area contributed by atoms with Crippen LogP contribution in [0.3, 0.4) is 0 Å². The predicted octanol–water partition coefficient (Wildman–Crippen LogP) is 2.08. The van der Waals surface area contributed by atoms with Crippen molar-refractivity contribution in [1.29, 1.82) is 0 Å². The number of aromatic nitrogens is 2. The van der Waals surface area contributed by atoms with Crippen LogP contribution >= 0.6 is 0 Å². The van der Waals surface area contributed by atoms with E-state index in [9.17, 15) is 5.11 Å². The zero-order valence-corrected chi connectivity index (χ0v) is 9.55. The number of hydrogen-bond acceptors (Lipinski definition) is 3. The van der Waals surface area contributed by atoms with E-state index in [1.807, 2.05) is 23.8 Å². The highest BCUT2D eigenvalue weighted by molar-refractivity contribution is 5.17. The van der Waals surface area contributed by atoms with Gasteiger partial charge >= 0.3 is 0 Å². The fourth-order valence-corrected chi connectivity index (χ4v) is 1.81. The molecule has 0 spiro atoms. The number of rotatable bonds is 4. The van der Waals surface area contributed by atoms with E-state index in [4.69, 9.17) is 4.42 Å². The zero-order valence-electron chi connectivity index (χ0n) is 9.55. The van der Waals surface area contributed by atoms with Gasteiger partial charge in [0.1, 0.15) is 17.7 Å². The average Bonchev–Trinajstić information content (AvgIpc) is 2.86. The largest absolute Gasteiger partial charge is 0.466 e. The topological polar surface area (TPSA) is 51.2 Å². The lowest BCUT2D eigenvalue weighted by molar-refractivity contribution is 0.146. The molecule has 4 nitrogen and oxygen atoms in total. The van der Waals surface area contributed by atoms with E-state index in [1.165, 1.54) is 0 Å². The highest BCUT2D eigenvalue weighted by Gasteiger charge is 2.16. The minimum Gasteiger partial charge on any atom is -0.466 e. The maximum Gasteiger partial charge on any atom is 0.135 e. The Balaban J connectivity index is 2.13. The first kappa shape index (κ1) is 11.0. The summed E-state index contributed by atoms with van der Waals surface area (Å²) in [5, 5.41) is 10.0. The molecule has 2 aromatic heterocycles. The minimum absolute atomic E-state index is 0.481. The van der Waals surface area contributed by atoms with Crippen LogP contribution in [0.2, 0.25) is 0 Å². The molecular weight excluding hydrogens is 204 g/mol. The molecule has 0 saturated carbocycles. The zero-order chi connectivity index (χ0) is 11.5. The number of hydrogen-bond donors (Lipinski definition) is 1. The van der Waals surface area contributed by atoms with Crippen molar-refractivity contribution in [3.05, 3.63) is 41.9 Å². The molecule has 1 atom stereocenters. The Bertz CT molecular complexity index is 459. The van der Waals surface area contributed by atoms with Crippen LogP contribution in [0, 0.1) is 6.92 Å². The Morgan fingerprint density at radius 3 is 3.00 bits per heavy atom. The van der Waals surface area contributed by atoms with Crippen LogP contribution in [0.4, 0.5) is 0 Å². The van der Waals surface area contributed by atoms with Crippen LogP contribution in [-0.2, 0) is 13.0 Å². The molecule has 0 aliphatic carbocycles. The molecular formula is C12H16N2O2. The number of nitrogens with zero attached hydrogens (tertiary/aromatic N) is 2. The standard InChI is InChI=1S/C12H16N2O2/c1-3-14-6-5-13-11(14)8-10(15)12-9(2)4-7-16-12/h4-7,10,15H,3,8H2,1-2H3. The molecule has 0 aromatic carbocycles. The lowest BCUT2D eigenvalue weighted by atomic mass is 10.1. The van der Waals surface area contributed by atoms with Gasteiger partial charge in [-0.2, -0.15) is 0 Å². The van der Waals surface area contributed by atoms with E-state index >= 15 is 0 Å². The smallest absolute Gasteiger partial charge is 0.135 e. The second kappa shape index (κ2) is 4.53. The van der Waals surface area contributed by atoms with Gasteiger partial charge in [0.05, 0.1) is 6.26 Å². The number of furan rings is 1.